The maximum Gasteiger partial charge on any atom is 0.345 e. The number of carboxylic acids is 1. The summed E-state index contributed by atoms with van der Waals surface area (Å²) >= 11 is 1.01. The summed E-state index contributed by atoms with van der Waals surface area (Å²) in [5, 5.41) is 10.4. The van der Waals surface area contributed by atoms with Crippen molar-refractivity contribution < 1.29 is 28.9 Å². The number of hydrogen-bond acceptors (Lipinski definition) is 6. The molecule has 0 saturated heterocycles. The van der Waals surface area contributed by atoms with Gasteiger partial charge in [-0.15, -0.1) is 11.3 Å². The SMILES string of the molecule is COc1cc(C=CC(=O)c2csc(C(=O)O)c2)cc(OC)c1OC. The minimum absolute atomic E-state index is 0.125. The smallest absolute Gasteiger partial charge is 0.345 e. The van der Waals surface area contributed by atoms with Gasteiger partial charge in [0, 0.05) is 10.9 Å². The van der Waals surface area contributed by atoms with Crippen molar-refractivity contribution >= 4 is 29.2 Å². The maximum absolute atomic E-state index is 12.1. The van der Waals surface area contributed by atoms with Gasteiger partial charge in [0.1, 0.15) is 4.88 Å². The molecule has 0 aliphatic heterocycles. The Morgan fingerprint density at radius 3 is 2.12 bits per heavy atom. The van der Waals surface area contributed by atoms with E-state index in [0.717, 1.165) is 11.3 Å². The maximum atomic E-state index is 12.1. The van der Waals surface area contributed by atoms with Gasteiger partial charge in [0.15, 0.2) is 17.3 Å². The number of thiophene rings is 1. The highest BCUT2D eigenvalue weighted by molar-refractivity contribution is 7.12. The topological polar surface area (TPSA) is 82.1 Å². The van der Waals surface area contributed by atoms with Crippen molar-refractivity contribution in [3.8, 4) is 17.2 Å². The first-order chi connectivity index (χ1) is 11.5. The van der Waals surface area contributed by atoms with E-state index in [1.807, 2.05) is 0 Å². The molecule has 126 valence electrons. The van der Waals surface area contributed by atoms with Crippen molar-refractivity contribution in [2.24, 2.45) is 0 Å². The van der Waals surface area contributed by atoms with Crippen LogP contribution in [0.3, 0.4) is 0 Å². The Labute approximate surface area is 142 Å². The molecule has 0 atom stereocenters. The first-order valence-corrected chi connectivity index (χ1v) is 7.72. The van der Waals surface area contributed by atoms with Crippen molar-refractivity contribution in [2.45, 2.75) is 0 Å². The molecule has 1 N–H and O–H groups in total. The molecule has 24 heavy (non-hydrogen) atoms. The summed E-state index contributed by atoms with van der Waals surface area (Å²) in [7, 11) is 4.53. The number of ether oxygens (including phenoxy) is 3. The fourth-order valence-corrected chi connectivity index (χ4v) is 2.78. The number of carboxylic acid groups (broad SMARTS) is 1. The van der Waals surface area contributed by atoms with Crippen LogP contribution in [0.4, 0.5) is 0 Å². The van der Waals surface area contributed by atoms with E-state index in [2.05, 4.69) is 0 Å². The van der Waals surface area contributed by atoms with Crippen LogP contribution < -0.4 is 14.2 Å². The van der Waals surface area contributed by atoms with Crippen molar-refractivity contribution in [1.29, 1.82) is 0 Å². The lowest BCUT2D eigenvalue weighted by Crippen LogP contribution is -1.96. The zero-order valence-electron chi connectivity index (χ0n) is 13.4. The predicted octanol–water partition coefficient (Wildman–Crippen LogP) is 3.37. The van der Waals surface area contributed by atoms with Gasteiger partial charge in [-0.1, -0.05) is 6.08 Å². The summed E-state index contributed by atoms with van der Waals surface area (Å²) in [6, 6.07) is 4.78. The lowest BCUT2D eigenvalue weighted by Gasteiger charge is -2.12. The van der Waals surface area contributed by atoms with E-state index >= 15 is 0 Å². The van der Waals surface area contributed by atoms with Gasteiger partial charge in [-0.3, -0.25) is 4.79 Å². The van der Waals surface area contributed by atoms with E-state index in [1.165, 1.54) is 38.9 Å². The Hall–Kier alpha value is -2.80. The van der Waals surface area contributed by atoms with Gasteiger partial charge in [-0.2, -0.15) is 0 Å². The van der Waals surface area contributed by atoms with E-state index in [1.54, 1.807) is 18.2 Å². The van der Waals surface area contributed by atoms with Gasteiger partial charge in [-0.05, 0) is 29.8 Å². The summed E-state index contributed by atoms with van der Waals surface area (Å²) in [4.78, 5) is 23.1. The highest BCUT2D eigenvalue weighted by Gasteiger charge is 2.13. The van der Waals surface area contributed by atoms with E-state index in [4.69, 9.17) is 19.3 Å². The molecule has 0 bridgehead atoms. The van der Waals surface area contributed by atoms with E-state index in [9.17, 15) is 9.59 Å². The third-order valence-corrected chi connectivity index (χ3v) is 4.13. The average Bonchev–Trinajstić information content (AvgIpc) is 3.09. The van der Waals surface area contributed by atoms with Crippen LogP contribution in [0, 0.1) is 0 Å². The molecule has 2 aromatic rings. The Balaban J connectivity index is 2.27. The molecule has 6 nitrogen and oxygen atoms in total. The summed E-state index contributed by atoms with van der Waals surface area (Å²) in [5.74, 6) is 0.0906. The van der Waals surface area contributed by atoms with Crippen LogP contribution >= 0.6 is 11.3 Å². The molecular weight excluding hydrogens is 332 g/mol. The first kappa shape index (κ1) is 17.6. The number of ketones is 1. The molecule has 7 heteroatoms. The number of aromatic carboxylic acids is 1. The standard InChI is InChI=1S/C17H16O6S/c1-21-13-6-10(7-14(22-2)16(13)23-3)4-5-12(18)11-8-15(17(19)20)24-9-11/h4-9H,1-3H3,(H,19,20). The normalized spacial score (nSPS) is 10.6. The average molecular weight is 348 g/mol. The molecule has 0 saturated carbocycles. The summed E-state index contributed by atoms with van der Waals surface area (Å²) in [6.45, 7) is 0. The number of methoxy groups -OCH3 is 3. The highest BCUT2D eigenvalue weighted by atomic mass is 32.1. The van der Waals surface area contributed by atoms with Gasteiger partial charge < -0.3 is 19.3 Å². The van der Waals surface area contributed by atoms with Crippen molar-refractivity contribution in [2.75, 3.05) is 21.3 Å². The molecule has 1 heterocycles. The Kier molecular flexibility index (Phi) is 5.59. The van der Waals surface area contributed by atoms with Gasteiger partial charge in [0.25, 0.3) is 0 Å². The van der Waals surface area contributed by atoms with Crippen LogP contribution in [0.2, 0.25) is 0 Å². The number of allylic oxidation sites excluding steroid dienone is 1. The fourth-order valence-electron chi connectivity index (χ4n) is 2.04. The van der Waals surface area contributed by atoms with Crippen LogP contribution in [0.1, 0.15) is 25.6 Å². The molecule has 0 spiro atoms. The number of rotatable bonds is 7. The zero-order valence-corrected chi connectivity index (χ0v) is 14.2. The first-order valence-electron chi connectivity index (χ1n) is 6.84. The second kappa shape index (κ2) is 7.65. The summed E-state index contributed by atoms with van der Waals surface area (Å²) in [6.07, 6.45) is 2.97. The second-order valence-electron chi connectivity index (χ2n) is 4.66. The van der Waals surface area contributed by atoms with Crippen LogP contribution in [0.5, 0.6) is 17.2 Å². The van der Waals surface area contributed by atoms with Crippen molar-refractivity contribution in [1.82, 2.24) is 0 Å². The molecule has 0 aliphatic carbocycles. The number of carbonyl (C=O) groups is 2. The van der Waals surface area contributed by atoms with Gasteiger partial charge >= 0.3 is 5.97 Å². The van der Waals surface area contributed by atoms with E-state index in [0.29, 0.717) is 28.4 Å². The van der Waals surface area contributed by atoms with Gasteiger partial charge in [0.2, 0.25) is 5.75 Å². The monoisotopic (exact) mass is 348 g/mol. The third kappa shape index (κ3) is 3.75. The zero-order chi connectivity index (χ0) is 17.7. The number of carbonyl (C=O) groups excluding carboxylic acids is 1. The van der Waals surface area contributed by atoms with Crippen LogP contribution in [0.15, 0.2) is 29.7 Å². The Morgan fingerprint density at radius 1 is 1.04 bits per heavy atom. The largest absolute Gasteiger partial charge is 0.493 e. The minimum atomic E-state index is -1.05. The number of benzene rings is 1. The van der Waals surface area contributed by atoms with E-state index < -0.39 is 5.97 Å². The quantitative estimate of drug-likeness (QED) is 0.610. The van der Waals surface area contributed by atoms with Crippen molar-refractivity contribution in [3.63, 3.8) is 0 Å². The number of hydrogen-bond donors (Lipinski definition) is 1. The van der Waals surface area contributed by atoms with E-state index in [-0.39, 0.29) is 10.7 Å². The third-order valence-electron chi connectivity index (χ3n) is 3.21. The highest BCUT2D eigenvalue weighted by Crippen LogP contribution is 2.38. The van der Waals surface area contributed by atoms with Crippen LogP contribution in [0.25, 0.3) is 6.08 Å². The minimum Gasteiger partial charge on any atom is -0.493 e. The Morgan fingerprint density at radius 2 is 1.67 bits per heavy atom. The summed E-state index contributed by atoms with van der Waals surface area (Å²) < 4.78 is 15.7. The molecular formula is C17H16O6S. The molecule has 1 aromatic heterocycles. The molecule has 0 aliphatic rings. The van der Waals surface area contributed by atoms with Crippen LogP contribution in [-0.2, 0) is 0 Å². The molecule has 0 fully saturated rings. The molecule has 0 unspecified atom stereocenters. The molecule has 0 radical (unpaired) electrons. The van der Waals surface area contributed by atoms with Gasteiger partial charge in [0.05, 0.1) is 21.3 Å². The molecule has 2 rings (SSSR count). The van der Waals surface area contributed by atoms with Gasteiger partial charge in [-0.25, -0.2) is 4.79 Å². The fraction of sp³-hybridized carbons (Fsp3) is 0.176. The lowest BCUT2D eigenvalue weighted by atomic mass is 10.1. The lowest BCUT2D eigenvalue weighted by molar-refractivity contribution is 0.0702. The Bertz CT molecular complexity index is 765. The molecule has 0 amide bonds. The van der Waals surface area contributed by atoms with Crippen molar-refractivity contribution in [3.05, 3.63) is 45.7 Å². The second-order valence-corrected chi connectivity index (χ2v) is 5.57. The summed E-state index contributed by atoms with van der Waals surface area (Å²) in [5.41, 5.74) is 1.02. The predicted molar refractivity (Wildman–Crippen MR) is 90.7 cm³/mol. The van der Waals surface area contributed by atoms with Crippen LogP contribution in [-0.4, -0.2) is 38.2 Å². The molecule has 1 aromatic carbocycles.